The zero-order chi connectivity index (χ0) is 12.1. The molecule has 7 heteroatoms. The van der Waals surface area contributed by atoms with Crippen molar-refractivity contribution in [3.8, 4) is 0 Å². The van der Waals surface area contributed by atoms with E-state index in [9.17, 15) is 14.4 Å². The summed E-state index contributed by atoms with van der Waals surface area (Å²) < 4.78 is 5.60. The number of hydrogen-bond donors (Lipinski definition) is 1. The van der Waals surface area contributed by atoms with Crippen LogP contribution in [0, 0.1) is 0 Å². The summed E-state index contributed by atoms with van der Waals surface area (Å²) >= 11 is 0. The molecular weight excluding hydrogens is 216 g/mol. The van der Waals surface area contributed by atoms with E-state index in [1.807, 2.05) is 0 Å². The molecule has 0 saturated carbocycles. The molecule has 0 saturated heterocycles. The zero-order valence-corrected chi connectivity index (χ0v) is 8.54. The third-order valence-electron chi connectivity index (χ3n) is 1.70. The van der Waals surface area contributed by atoms with Crippen LogP contribution in [-0.2, 0) is 16.1 Å². The van der Waals surface area contributed by atoms with Crippen LogP contribution in [0.15, 0.2) is 6.07 Å². The van der Waals surface area contributed by atoms with Gasteiger partial charge in [-0.25, -0.2) is 4.79 Å². The molecule has 16 heavy (non-hydrogen) atoms. The van der Waals surface area contributed by atoms with E-state index in [0.29, 0.717) is 6.29 Å². The second-order valence-electron chi connectivity index (χ2n) is 2.84. The Balaban J connectivity index is 2.97. The number of carboxylic acid groups (broad SMARTS) is 1. The van der Waals surface area contributed by atoms with Crippen molar-refractivity contribution >= 4 is 18.2 Å². The lowest BCUT2D eigenvalue weighted by molar-refractivity contribution is -0.137. The molecule has 0 aliphatic heterocycles. The van der Waals surface area contributed by atoms with E-state index in [1.165, 1.54) is 6.07 Å². The lowest BCUT2D eigenvalue weighted by atomic mass is 10.4. The molecule has 0 fully saturated rings. The van der Waals surface area contributed by atoms with E-state index in [0.717, 1.165) is 4.68 Å². The molecule has 1 N–H and O–H groups in total. The highest BCUT2D eigenvalue weighted by molar-refractivity contribution is 5.89. The van der Waals surface area contributed by atoms with Crippen LogP contribution in [-0.4, -0.2) is 39.7 Å². The number of carbonyl (C=O) groups is 3. The fraction of sp³-hybridized carbons (Fsp3) is 0.333. The molecule has 0 spiro atoms. The van der Waals surface area contributed by atoms with E-state index in [2.05, 4.69) is 9.84 Å². The number of carbonyl (C=O) groups excluding carboxylic acids is 2. The Morgan fingerprint density at radius 3 is 2.81 bits per heavy atom. The first kappa shape index (κ1) is 11.9. The van der Waals surface area contributed by atoms with Gasteiger partial charge in [0.2, 0.25) is 0 Å². The molecule has 0 atom stereocenters. The zero-order valence-electron chi connectivity index (χ0n) is 8.54. The Bertz CT molecular complexity index is 424. The summed E-state index contributed by atoms with van der Waals surface area (Å²) in [5.74, 6) is -1.84. The number of ether oxygens (including phenoxy) is 1. The topological polar surface area (TPSA) is 98.5 Å². The van der Waals surface area contributed by atoms with Crippen LogP contribution in [0.4, 0.5) is 0 Å². The van der Waals surface area contributed by atoms with Gasteiger partial charge in [0.15, 0.2) is 12.0 Å². The number of hydrogen-bond acceptors (Lipinski definition) is 5. The summed E-state index contributed by atoms with van der Waals surface area (Å²) in [6, 6.07) is 1.19. The Morgan fingerprint density at radius 2 is 2.31 bits per heavy atom. The molecule has 0 aliphatic rings. The fourth-order valence-electron chi connectivity index (χ4n) is 1.09. The van der Waals surface area contributed by atoms with E-state index in [1.54, 1.807) is 6.92 Å². The molecular formula is C9H10N2O5. The van der Waals surface area contributed by atoms with Crippen molar-refractivity contribution in [3.63, 3.8) is 0 Å². The van der Waals surface area contributed by atoms with Gasteiger partial charge in [-0.05, 0) is 6.92 Å². The molecule has 0 bridgehead atoms. The van der Waals surface area contributed by atoms with E-state index in [-0.39, 0.29) is 18.0 Å². The van der Waals surface area contributed by atoms with Crippen LogP contribution in [0.25, 0.3) is 0 Å². The van der Waals surface area contributed by atoms with E-state index >= 15 is 0 Å². The highest BCUT2D eigenvalue weighted by Crippen LogP contribution is 2.04. The summed E-state index contributed by atoms with van der Waals surface area (Å²) in [6.45, 7) is 1.33. The van der Waals surface area contributed by atoms with E-state index in [4.69, 9.17) is 5.11 Å². The summed E-state index contributed by atoms with van der Waals surface area (Å²) in [7, 11) is 0. The van der Waals surface area contributed by atoms with Crippen molar-refractivity contribution in [1.29, 1.82) is 0 Å². The molecule has 0 amide bonds. The number of nitrogens with zero attached hydrogens (tertiary/aromatic N) is 2. The van der Waals surface area contributed by atoms with Crippen LogP contribution in [0.2, 0.25) is 0 Å². The average molecular weight is 226 g/mol. The van der Waals surface area contributed by atoms with Gasteiger partial charge in [0.25, 0.3) is 0 Å². The third-order valence-corrected chi connectivity index (χ3v) is 1.70. The molecule has 1 aromatic rings. The van der Waals surface area contributed by atoms with Crippen molar-refractivity contribution in [2.75, 3.05) is 6.61 Å². The smallest absolute Gasteiger partial charge is 0.358 e. The van der Waals surface area contributed by atoms with Crippen LogP contribution < -0.4 is 0 Å². The van der Waals surface area contributed by atoms with Crippen LogP contribution in [0.3, 0.4) is 0 Å². The van der Waals surface area contributed by atoms with E-state index < -0.39 is 18.5 Å². The second kappa shape index (κ2) is 5.06. The predicted molar refractivity (Wildman–Crippen MR) is 51.2 cm³/mol. The average Bonchev–Trinajstić information content (AvgIpc) is 2.60. The Hall–Kier alpha value is -2.18. The number of aliphatic carboxylic acids is 1. The maximum atomic E-state index is 11.3. The summed E-state index contributed by atoms with van der Waals surface area (Å²) in [5.41, 5.74) is -0.0596. The fourth-order valence-corrected chi connectivity index (χ4v) is 1.09. The van der Waals surface area contributed by atoms with Gasteiger partial charge in [-0.15, -0.1) is 0 Å². The number of rotatable bonds is 5. The van der Waals surface area contributed by atoms with Gasteiger partial charge in [-0.3, -0.25) is 14.3 Å². The highest BCUT2D eigenvalue weighted by atomic mass is 16.5. The lowest BCUT2D eigenvalue weighted by Crippen LogP contribution is -2.13. The maximum Gasteiger partial charge on any atom is 0.358 e. The maximum absolute atomic E-state index is 11.3. The van der Waals surface area contributed by atoms with Gasteiger partial charge < -0.3 is 9.84 Å². The predicted octanol–water partition coefficient (Wildman–Crippen LogP) is -0.0431. The molecule has 0 aromatic carbocycles. The van der Waals surface area contributed by atoms with Crippen molar-refractivity contribution in [2.24, 2.45) is 0 Å². The van der Waals surface area contributed by atoms with Crippen LogP contribution in [0.1, 0.15) is 27.9 Å². The summed E-state index contributed by atoms with van der Waals surface area (Å²) in [4.78, 5) is 32.3. The largest absolute Gasteiger partial charge is 0.480 e. The minimum Gasteiger partial charge on any atom is -0.480 e. The molecule has 0 aliphatic carbocycles. The van der Waals surface area contributed by atoms with Crippen molar-refractivity contribution in [1.82, 2.24) is 9.78 Å². The molecule has 0 unspecified atom stereocenters. The first-order chi connectivity index (χ1) is 7.58. The van der Waals surface area contributed by atoms with Crippen molar-refractivity contribution in [2.45, 2.75) is 13.5 Å². The minimum atomic E-state index is -1.15. The van der Waals surface area contributed by atoms with Crippen molar-refractivity contribution in [3.05, 3.63) is 17.5 Å². The molecule has 1 aromatic heterocycles. The molecule has 1 rings (SSSR count). The summed E-state index contributed by atoms with van der Waals surface area (Å²) in [6.07, 6.45) is 0.429. The Labute approximate surface area is 90.6 Å². The lowest BCUT2D eigenvalue weighted by Gasteiger charge is -1.98. The monoisotopic (exact) mass is 226 g/mol. The van der Waals surface area contributed by atoms with Gasteiger partial charge in [0.05, 0.1) is 6.61 Å². The van der Waals surface area contributed by atoms with Gasteiger partial charge in [0, 0.05) is 6.07 Å². The number of aromatic nitrogens is 2. The van der Waals surface area contributed by atoms with Crippen molar-refractivity contribution < 1.29 is 24.2 Å². The van der Waals surface area contributed by atoms with Gasteiger partial charge in [0.1, 0.15) is 12.2 Å². The SMILES string of the molecule is CCOC(=O)c1cc(C=O)n(CC(=O)O)n1. The summed E-state index contributed by atoms with van der Waals surface area (Å²) in [5, 5.41) is 12.2. The molecule has 0 radical (unpaired) electrons. The normalized spacial score (nSPS) is 9.81. The molecule has 86 valence electrons. The Kier molecular flexibility index (Phi) is 3.76. The minimum absolute atomic E-state index is 0.0189. The molecule has 1 heterocycles. The number of aldehydes is 1. The quantitative estimate of drug-likeness (QED) is 0.558. The second-order valence-corrected chi connectivity index (χ2v) is 2.84. The highest BCUT2D eigenvalue weighted by Gasteiger charge is 2.16. The molecule has 7 nitrogen and oxygen atoms in total. The van der Waals surface area contributed by atoms with Gasteiger partial charge in [-0.2, -0.15) is 5.10 Å². The standard InChI is InChI=1S/C9H10N2O5/c1-2-16-9(15)7-3-6(5-12)11(10-7)4-8(13)14/h3,5H,2,4H2,1H3,(H,13,14). The first-order valence-electron chi connectivity index (χ1n) is 4.50. The Morgan fingerprint density at radius 1 is 1.62 bits per heavy atom. The number of carboxylic acids is 1. The third kappa shape index (κ3) is 2.66. The van der Waals surface area contributed by atoms with Crippen LogP contribution in [0.5, 0.6) is 0 Å². The number of esters is 1. The first-order valence-corrected chi connectivity index (χ1v) is 4.50. The van der Waals surface area contributed by atoms with Gasteiger partial charge in [-0.1, -0.05) is 0 Å². The van der Waals surface area contributed by atoms with Gasteiger partial charge >= 0.3 is 11.9 Å². The van der Waals surface area contributed by atoms with Crippen LogP contribution >= 0.6 is 0 Å².